The molecule has 1 aromatic carbocycles. The van der Waals surface area contributed by atoms with Crippen LogP contribution in [0.4, 0.5) is 0 Å². The Hall–Kier alpha value is -2.56. The monoisotopic (exact) mass is 339 g/mol. The van der Waals surface area contributed by atoms with Crippen LogP contribution in [0, 0.1) is 0 Å². The van der Waals surface area contributed by atoms with Crippen LogP contribution in [0.5, 0.6) is 5.75 Å². The Morgan fingerprint density at radius 1 is 1.40 bits per heavy atom. The van der Waals surface area contributed by atoms with E-state index in [4.69, 9.17) is 4.74 Å². The van der Waals surface area contributed by atoms with E-state index in [9.17, 15) is 4.79 Å². The van der Waals surface area contributed by atoms with Crippen LogP contribution in [-0.2, 0) is 11.2 Å². The van der Waals surface area contributed by atoms with E-state index < -0.39 is 0 Å². The van der Waals surface area contributed by atoms with E-state index in [0.29, 0.717) is 12.5 Å². The maximum absolute atomic E-state index is 12.4. The number of nitrogens with one attached hydrogen (secondary N) is 1. The topological polar surface area (TPSA) is 56.1 Å². The summed E-state index contributed by atoms with van der Waals surface area (Å²) in [5.74, 6) is 0.830. The number of hydrogen-bond donors (Lipinski definition) is 1. The molecule has 1 aromatic heterocycles. The lowest BCUT2D eigenvalue weighted by Crippen LogP contribution is -2.37. The van der Waals surface area contributed by atoms with Crippen LogP contribution in [-0.4, -0.2) is 28.6 Å². The second-order valence-electron chi connectivity index (χ2n) is 6.60. The molecule has 1 fully saturated rings. The summed E-state index contributed by atoms with van der Waals surface area (Å²) in [5.41, 5.74) is 2.10. The van der Waals surface area contributed by atoms with Crippen LogP contribution in [0.15, 0.2) is 54.6 Å². The highest BCUT2D eigenvalue weighted by Gasteiger charge is 2.29. The van der Waals surface area contributed by atoms with E-state index >= 15 is 0 Å². The second-order valence-corrected chi connectivity index (χ2v) is 6.60. The van der Waals surface area contributed by atoms with Gasteiger partial charge in [-0.3, -0.25) is 4.79 Å². The molecule has 0 spiro atoms. The molecule has 0 saturated heterocycles. The van der Waals surface area contributed by atoms with E-state index in [2.05, 4.69) is 14.9 Å². The molecule has 2 aromatic rings. The number of nitrogens with zero attached hydrogens (tertiary/aromatic N) is 2. The van der Waals surface area contributed by atoms with Gasteiger partial charge in [-0.05, 0) is 44.2 Å². The highest BCUT2D eigenvalue weighted by molar-refractivity contribution is 5.88. The molecule has 1 saturated carbocycles. The Morgan fingerprint density at radius 3 is 3.00 bits per heavy atom. The minimum Gasteiger partial charge on any atom is -0.496 e. The molecule has 1 amide bonds. The molecule has 1 N–H and O–H groups in total. The Kier molecular flexibility index (Phi) is 5.53. The third kappa shape index (κ3) is 4.29. The van der Waals surface area contributed by atoms with Crippen molar-refractivity contribution in [1.82, 2.24) is 14.9 Å². The summed E-state index contributed by atoms with van der Waals surface area (Å²) >= 11 is 0. The molecule has 132 valence electrons. The van der Waals surface area contributed by atoms with E-state index in [1.165, 1.54) is 0 Å². The molecule has 2 unspecified atom stereocenters. The van der Waals surface area contributed by atoms with Gasteiger partial charge in [-0.15, -0.1) is 0 Å². The molecule has 2 atom stereocenters. The Balaban J connectivity index is 1.62. The summed E-state index contributed by atoms with van der Waals surface area (Å²) in [7, 11) is 1.67. The SMILES string of the molecule is COc1ccccc1C/C(C)=C/C(=O)NC1CCCC1n1ccnc1. The molecule has 5 nitrogen and oxygen atoms in total. The number of para-hydroxylation sites is 1. The number of imidazole rings is 1. The van der Waals surface area contributed by atoms with Crippen molar-refractivity contribution in [3.8, 4) is 5.75 Å². The van der Waals surface area contributed by atoms with Gasteiger partial charge in [0.05, 0.1) is 19.5 Å². The van der Waals surface area contributed by atoms with Crippen molar-refractivity contribution in [3.63, 3.8) is 0 Å². The number of allylic oxidation sites excluding steroid dienone is 1. The predicted octanol–water partition coefficient (Wildman–Crippen LogP) is 3.29. The van der Waals surface area contributed by atoms with Gasteiger partial charge in [0.15, 0.2) is 0 Å². The number of hydrogen-bond acceptors (Lipinski definition) is 3. The van der Waals surface area contributed by atoms with Crippen LogP contribution in [0.25, 0.3) is 0 Å². The molecule has 25 heavy (non-hydrogen) atoms. The van der Waals surface area contributed by atoms with Crippen molar-refractivity contribution in [2.24, 2.45) is 0 Å². The highest BCUT2D eigenvalue weighted by atomic mass is 16.5. The minimum absolute atomic E-state index is 0.0237. The average Bonchev–Trinajstić information content (AvgIpc) is 3.26. The van der Waals surface area contributed by atoms with Gasteiger partial charge in [-0.25, -0.2) is 4.98 Å². The Labute approximate surface area is 148 Å². The van der Waals surface area contributed by atoms with Crippen LogP contribution in [0.3, 0.4) is 0 Å². The zero-order valence-electron chi connectivity index (χ0n) is 14.8. The number of carbonyl (C=O) groups is 1. The zero-order chi connectivity index (χ0) is 17.6. The second kappa shape index (κ2) is 8.01. The number of rotatable bonds is 6. The maximum Gasteiger partial charge on any atom is 0.244 e. The molecule has 3 rings (SSSR count). The Bertz CT molecular complexity index is 737. The summed E-state index contributed by atoms with van der Waals surface area (Å²) in [5, 5.41) is 3.17. The van der Waals surface area contributed by atoms with Gasteiger partial charge in [0, 0.05) is 24.5 Å². The fourth-order valence-electron chi connectivity index (χ4n) is 3.58. The number of aromatic nitrogens is 2. The first-order chi connectivity index (χ1) is 12.2. The standard InChI is InChI=1S/C20H25N3O2/c1-15(12-16-6-3-4-9-19(16)25-2)13-20(24)22-17-7-5-8-18(17)23-11-10-21-14-23/h3-4,6,9-11,13-14,17-18H,5,7-8,12H2,1-2H3,(H,22,24)/b15-13+. The molecule has 1 aliphatic carbocycles. The molecule has 1 aliphatic rings. The quantitative estimate of drug-likeness (QED) is 0.822. The number of benzene rings is 1. The smallest absolute Gasteiger partial charge is 0.244 e. The number of ether oxygens (including phenoxy) is 1. The third-order valence-electron chi connectivity index (χ3n) is 4.75. The van der Waals surface area contributed by atoms with Crippen molar-refractivity contribution in [2.75, 3.05) is 7.11 Å². The average molecular weight is 339 g/mol. The van der Waals surface area contributed by atoms with E-state index in [1.54, 1.807) is 19.4 Å². The van der Waals surface area contributed by atoms with Gasteiger partial charge in [0.2, 0.25) is 5.91 Å². The summed E-state index contributed by atoms with van der Waals surface area (Å²) in [6.45, 7) is 1.98. The number of methoxy groups -OCH3 is 1. The van der Waals surface area contributed by atoms with Gasteiger partial charge in [0.25, 0.3) is 0 Å². The largest absolute Gasteiger partial charge is 0.496 e. The van der Waals surface area contributed by atoms with Crippen molar-refractivity contribution in [3.05, 3.63) is 60.2 Å². The van der Waals surface area contributed by atoms with Gasteiger partial charge in [0.1, 0.15) is 5.75 Å². The van der Waals surface area contributed by atoms with Crippen molar-refractivity contribution in [1.29, 1.82) is 0 Å². The maximum atomic E-state index is 12.4. The summed E-state index contributed by atoms with van der Waals surface area (Å²) in [6.07, 6.45) is 11.2. The fourth-order valence-corrected chi connectivity index (χ4v) is 3.58. The van der Waals surface area contributed by atoms with Gasteiger partial charge >= 0.3 is 0 Å². The zero-order valence-corrected chi connectivity index (χ0v) is 14.8. The number of amides is 1. The van der Waals surface area contributed by atoms with E-state index in [0.717, 1.165) is 36.1 Å². The van der Waals surface area contributed by atoms with Gasteiger partial charge in [-0.1, -0.05) is 23.8 Å². The van der Waals surface area contributed by atoms with E-state index in [-0.39, 0.29) is 11.9 Å². The summed E-state index contributed by atoms with van der Waals surface area (Å²) in [6, 6.07) is 8.37. The first-order valence-corrected chi connectivity index (χ1v) is 8.74. The van der Waals surface area contributed by atoms with Crippen molar-refractivity contribution >= 4 is 5.91 Å². The molecular weight excluding hydrogens is 314 g/mol. The highest BCUT2D eigenvalue weighted by Crippen LogP contribution is 2.30. The normalized spacial score (nSPS) is 20.5. The molecule has 0 radical (unpaired) electrons. The first-order valence-electron chi connectivity index (χ1n) is 8.74. The van der Waals surface area contributed by atoms with Crippen molar-refractivity contribution < 1.29 is 9.53 Å². The minimum atomic E-state index is -0.0237. The summed E-state index contributed by atoms with van der Waals surface area (Å²) < 4.78 is 7.48. The molecule has 5 heteroatoms. The van der Waals surface area contributed by atoms with Crippen LogP contribution in [0.2, 0.25) is 0 Å². The van der Waals surface area contributed by atoms with Gasteiger partial charge in [-0.2, -0.15) is 0 Å². The first kappa shape index (κ1) is 17.3. The third-order valence-corrected chi connectivity index (χ3v) is 4.75. The molecular formula is C20H25N3O2. The lowest BCUT2D eigenvalue weighted by Gasteiger charge is -2.21. The number of carbonyl (C=O) groups excluding carboxylic acids is 1. The van der Waals surface area contributed by atoms with Crippen LogP contribution < -0.4 is 10.1 Å². The fraction of sp³-hybridized carbons (Fsp3) is 0.400. The van der Waals surface area contributed by atoms with Crippen molar-refractivity contribution in [2.45, 2.75) is 44.7 Å². The predicted molar refractivity (Wildman–Crippen MR) is 97.5 cm³/mol. The van der Waals surface area contributed by atoms with Crippen LogP contribution >= 0.6 is 0 Å². The van der Waals surface area contributed by atoms with Crippen LogP contribution in [0.1, 0.15) is 37.8 Å². The lowest BCUT2D eigenvalue weighted by atomic mass is 10.0. The molecule has 1 heterocycles. The lowest BCUT2D eigenvalue weighted by molar-refractivity contribution is -0.117. The van der Waals surface area contributed by atoms with E-state index in [1.807, 2.05) is 43.7 Å². The summed E-state index contributed by atoms with van der Waals surface area (Å²) in [4.78, 5) is 16.5. The Morgan fingerprint density at radius 2 is 2.24 bits per heavy atom. The molecule has 0 bridgehead atoms. The molecule has 0 aliphatic heterocycles. The van der Waals surface area contributed by atoms with Gasteiger partial charge < -0.3 is 14.6 Å².